The maximum atomic E-state index is 12.3. The van der Waals surface area contributed by atoms with Crippen LogP contribution in [-0.2, 0) is 10.0 Å². The van der Waals surface area contributed by atoms with Crippen molar-refractivity contribution < 1.29 is 31.1 Å². The number of carbonyl (C=O) groups is 1. The van der Waals surface area contributed by atoms with Crippen LogP contribution in [0.2, 0.25) is 0 Å². The van der Waals surface area contributed by atoms with Crippen LogP contribution in [0, 0.1) is 0 Å². The summed E-state index contributed by atoms with van der Waals surface area (Å²) in [5, 5.41) is 0. The van der Waals surface area contributed by atoms with E-state index in [0.29, 0.717) is 0 Å². The number of alkyl halides is 3. The fourth-order valence-electron chi connectivity index (χ4n) is 1.61. The number of sulfonamides is 1. The van der Waals surface area contributed by atoms with Crippen molar-refractivity contribution in [3.05, 3.63) is 54.4 Å². The van der Waals surface area contributed by atoms with E-state index in [-0.39, 0.29) is 5.69 Å². The van der Waals surface area contributed by atoms with Crippen LogP contribution in [0.5, 0.6) is 5.75 Å². The molecule has 2 aromatic rings. The Kier molecular flexibility index (Phi) is 4.55. The van der Waals surface area contributed by atoms with Gasteiger partial charge in [-0.1, -0.05) is 18.2 Å². The molecule has 23 heavy (non-hydrogen) atoms. The molecule has 0 saturated carbocycles. The summed E-state index contributed by atoms with van der Waals surface area (Å²) in [5.74, 6) is -2.02. The van der Waals surface area contributed by atoms with E-state index >= 15 is 0 Å². The molecule has 0 fully saturated rings. The maximum Gasteiger partial charge on any atom is 0.573 e. The molecule has 0 radical (unpaired) electrons. The van der Waals surface area contributed by atoms with Crippen molar-refractivity contribution >= 4 is 15.9 Å². The van der Waals surface area contributed by atoms with E-state index < -0.39 is 32.9 Å². The number of amides is 1. The van der Waals surface area contributed by atoms with E-state index in [1.807, 2.05) is 0 Å². The van der Waals surface area contributed by atoms with Crippen molar-refractivity contribution in [3.63, 3.8) is 0 Å². The van der Waals surface area contributed by atoms with Gasteiger partial charge in [0, 0.05) is 6.20 Å². The Balaban J connectivity index is 2.32. The first-order valence-electron chi connectivity index (χ1n) is 6.02. The number of nitrogens with one attached hydrogen (secondary N) is 1. The van der Waals surface area contributed by atoms with E-state index in [1.54, 1.807) is 4.72 Å². The molecule has 2 rings (SSSR count). The van der Waals surface area contributed by atoms with Gasteiger partial charge in [-0.25, -0.2) is 13.1 Å². The van der Waals surface area contributed by atoms with Crippen LogP contribution in [0.3, 0.4) is 0 Å². The number of para-hydroxylation sites is 1. The first kappa shape index (κ1) is 16.7. The number of hydrogen-bond acceptors (Lipinski definition) is 5. The van der Waals surface area contributed by atoms with Crippen molar-refractivity contribution in [2.45, 2.75) is 11.3 Å². The fourth-order valence-corrected chi connectivity index (χ4v) is 2.70. The van der Waals surface area contributed by atoms with Gasteiger partial charge in [0.1, 0.15) is 16.3 Å². The molecule has 0 bridgehead atoms. The number of nitrogens with zero attached hydrogens (tertiary/aromatic N) is 1. The largest absolute Gasteiger partial charge is 0.573 e. The van der Waals surface area contributed by atoms with Crippen molar-refractivity contribution in [2.24, 2.45) is 0 Å². The highest BCUT2D eigenvalue weighted by atomic mass is 32.2. The molecule has 0 aliphatic heterocycles. The molecule has 1 aromatic heterocycles. The molecule has 10 heteroatoms. The lowest BCUT2D eigenvalue weighted by Gasteiger charge is -2.13. The van der Waals surface area contributed by atoms with Gasteiger partial charge in [0.15, 0.2) is 0 Å². The summed E-state index contributed by atoms with van der Waals surface area (Å²) in [6, 6.07) is 8.29. The van der Waals surface area contributed by atoms with Gasteiger partial charge >= 0.3 is 6.36 Å². The number of pyridine rings is 1. The summed E-state index contributed by atoms with van der Waals surface area (Å²) in [6.45, 7) is 0. The monoisotopic (exact) mass is 346 g/mol. The number of benzene rings is 1. The second-order valence-corrected chi connectivity index (χ2v) is 5.79. The van der Waals surface area contributed by atoms with E-state index in [4.69, 9.17) is 0 Å². The second kappa shape index (κ2) is 6.24. The summed E-state index contributed by atoms with van der Waals surface area (Å²) in [5.41, 5.74) is -0.203. The normalized spacial score (nSPS) is 11.8. The SMILES string of the molecule is O=C(NS(=O)(=O)c1ccccc1OC(F)(F)F)c1ccccn1. The topological polar surface area (TPSA) is 85.4 Å². The van der Waals surface area contributed by atoms with Gasteiger partial charge in [-0.2, -0.15) is 0 Å². The Morgan fingerprint density at radius 2 is 1.74 bits per heavy atom. The van der Waals surface area contributed by atoms with Crippen LogP contribution >= 0.6 is 0 Å². The Labute approximate surface area is 129 Å². The minimum Gasteiger partial charge on any atom is -0.404 e. The van der Waals surface area contributed by atoms with E-state index in [0.717, 1.165) is 12.1 Å². The molecule has 0 spiro atoms. The first-order valence-corrected chi connectivity index (χ1v) is 7.50. The quantitative estimate of drug-likeness (QED) is 0.916. The van der Waals surface area contributed by atoms with Crippen molar-refractivity contribution in [1.82, 2.24) is 9.71 Å². The van der Waals surface area contributed by atoms with Gasteiger partial charge < -0.3 is 4.74 Å². The van der Waals surface area contributed by atoms with E-state index in [9.17, 15) is 26.4 Å². The molecule has 1 heterocycles. The van der Waals surface area contributed by atoms with Crippen LogP contribution in [-0.4, -0.2) is 25.7 Å². The zero-order valence-corrected chi connectivity index (χ0v) is 12.1. The average molecular weight is 346 g/mol. The van der Waals surface area contributed by atoms with Crippen LogP contribution in [0.4, 0.5) is 13.2 Å². The third-order valence-electron chi connectivity index (χ3n) is 2.49. The summed E-state index contributed by atoms with van der Waals surface area (Å²) >= 11 is 0. The minimum atomic E-state index is -5.07. The van der Waals surface area contributed by atoms with Crippen LogP contribution < -0.4 is 9.46 Å². The van der Waals surface area contributed by atoms with Crippen LogP contribution in [0.1, 0.15) is 10.5 Å². The number of carbonyl (C=O) groups excluding carboxylic acids is 1. The third kappa shape index (κ3) is 4.42. The standard InChI is InChI=1S/C13H9F3N2O4S/c14-13(15,16)22-10-6-1-2-7-11(10)23(20,21)18-12(19)9-5-3-4-8-17-9/h1-8H,(H,18,19). The van der Waals surface area contributed by atoms with Crippen LogP contribution in [0.15, 0.2) is 53.6 Å². The summed E-state index contributed by atoms with van der Waals surface area (Å²) in [4.78, 5) is 14.6. The van der Waals surface area contributed by atoms with Crippen molar-refractivity contribution in [3.8, 4) is 5.75 Å². The molecule has 0 saturated heterocycles. The van der Waals surface area contributed by atoms with Crippen molar-refractivity contribution in [1.29, 1.82) is 0 Å². The van der Waals surface area contributed by atoms with Gasteiger partial charge in [-0.05, 0) is 24.3 Å². The molecule has 1 aromatic carbocycles. The number of aromatic nitrogens is 1. The van der Waals surface area contributed by atoms with E-state index in [2.05, 4.69) is 9.72 Å². The molecule has 1 N–H and O–H groups in total. The Hall–Kier alpha value is -2.62. The summed E-state index contributed by atoms with van der Waals surface area (Å²) < 4.78 is 66.5. The highest BCUT2D eigenvalue weighted by molar-refractivity contribution is 7.90. The number of hydrogen-bond donors (Lipinski definition) is 1. The maximum absolute atomic E-state index is 12.3. The van der Waals surface area contributed by atoms with Gasteiger partial charge in [0.25, 0.3) is 15.9 Å². The predicted molar refractivity (Wildman–Crippen MR) is 72.0 cm³/mol. The average Bonchev–Trinajstić information content (AvgIpc) is 2.46. The molecular weight excluding hydrogens is 337 g/mol. The molecule has 122 valence electrons. The summed E-state index contributed by atoms with van der Waals surface area (Å²) in [7, 11) is -4.58. The van der Waals surface area contributed by atoms with E-state index in [1.165, 1.54) is 36.5 Å². The summed E-state index contributed by atoms with van der Waals surface area (Å²) in [6.07, 6.45) is -3.81. The molecule has 0 aliphatic rings. The van der Waals surface area contributed by atoms with Gasteiger partial charge in [0.05, 0.1) is 0 Å². The molecule has 0 unspecified atom stereocenters. The number of rotatable bonds is 4. The highest BCUT2D eigenvalue weighted by Gasteiger charge is 2.34. The molecule has 1 amide bonds. The predicted octanol–water partition coefficient (Wildman–Crippen LogP) is 2.10. The Bertz CT molecular complexity index is 807. The lowest BCUT2D eigenvalue weighted by atomic mass is 10.3. The fraction of sp³-hybridized carbons (Fsp3) is 0.0769. The highest BCUT2D eigenvalue weighted by Crippen LogP contribution is 2.29. The van der Waals surface area contributed by atoms with Gasteiger partial charge in [-0.15, -0.1) is 13.2 Å². The van der Waals surface area contributed by atoms with Crippen molar-refractivity contribution in [2.75, 3.05) is 0 Å². The Morgan fingerprint density at radius 1 is 1.09 bits per heavy atom. The molecular formula is C13H9F3N2O4S. The number of ether oxygens (including phenoxy) is 1. The Morgan fingerprint density at radius 3 is 2.35 bits per heavy atom. The molecule has 0 atom stereocenters. The molecule has 6 nitrogen and oxygen atoms in total. The van der Waals surface area contributed by atoms with Crippen LogP contribution in [0.25, 0.3) is 0 Å². The first-order chi connectivity index (χ1) is 10.7. The number of halogens is 3. The van der Waals surface area contributed by atoms with Gasteiger partial charge in [0.2, 0.25) is 0 Å². The second-order valence-electron chi connectivity index (χ2n) is 4.14. The molecule has 0 aliphatic carbocycles. The zero-order chi connectivity index (χ0) is 17.1. The smallest absolute Gasteiger partial charge is 0.404 e. The zero-order valence-electron chi connectivity index (χ0n) is 11.2. The lowest BCUT2D eigenvalue weighted by Crippen LogP contribution is -2.32. The third-order valence-corrected chi connectivity index (χ3v) is 3.86. The lowest BCUT2D eigenvalue weighted by molar-refractivity contribution is -0.275. The minimum absolute atomic E-state index is 0.203. The van der Waals surface area contributed by atoms with Gasteiger partial charge in [-0.3, -0.25) is 9.78 Å².